The van der Waals surface area contributed by atoms with Crippen LogP contribution in [0.3, 0.4) is 0 Å². The second-order valence-electron chi connectivity index (χ2n) is 5.74. The van der Waals surface area contributed by atoms with Crippen molar-refractivity contribution < 1.29 is 4.74 Å². The molecule has 2 aliphatic rings. The summed E-state index contributed by atoms with van der Waals surface area (Å²) < 4.78 is 5.65. The highest BCUT2D eigenvalue weighted by atomic mass is 16.5. The minimum atomic E-state index is 0.242. The average Bonchev–Trinajstić information content (AvgIpc) is 2.76. The van der Waals surface area contributed by atoms with E-state index >= 15 is 0 Å². The van der Waals surface area contributed by atoms with Crippen LogP contribution in [0.25, 0.3) is 0 Å². The Hall–Kier alpha value is -1.22. The lowest BCUT2D eigenvalue weighted by Crippen LogP contribution is -2.45. The van der Waals surface area contributed by atoms with Crippen molar-refractivity contribution in [2.24, 2.45) is 0 Å². The van der Waals surface area contributed by atoms with Gasteiger partial charge in [0.1, 0.15) is 5.75 Å². The van der Waals surface area contributed by atoms with Crippen LogP contribution in [0.2, 0.25) is 0 Å². The standard InChI is InChI=1S/C15H22N2O/c1-5-18-11-6-7-13-12(10-11)15(2)8-9-16(3)14(15)17(13)4/h6-7,10,14H,5,8-9H2,1-4H3/t14-,15+/m0/s1. The zero-order valence-corrected chi connectivity index (χ0v) is 11.7. The van der Waals surface area contributed by atoms with Gasteiger partial charge < -0.3 is 9.64 Å². The van der Waals surface area contributed by atoms with Crippen molar-refractivity contribution in [3.8, 4) is 5.75 Å². The molecule has 0 radical (unpaired) electrons. The van der Waals surface area contributed by atoms with Crippen LogP contribution in [-0.2, 0) is 5.41 Å². The van der Waals surface area contributed by atoms with Crippen molar-refractivity contribution in [1.29, 1.82) is 0 Å². The monoisotopic (exact) mass is 246 g/mol. The Kier molecular flexibility index (Phi) is 2.56. The Morgan fingerprint density at radius 2 is 2.17 bits per heavy atom. The van der Waals surface area contributed by atoms with Crippen LogP contribution in [-0.4, -0.2) is 38.3 Å². The van der Waals surface area contributed by atoms with Crippen molar-refractivity contribution in [2.45, 2.75) is 31.8 Å². The van der Waals surface area contributed by atoms with Crippen LogP contribution in [0.5, 0.6) is 5.75 Å². The second kappa shape index (κ2) is 3.89. The number of ether oxygens (including phenoxy) is 1. The lowest BCUT2D eigenvalue weighted by molar-refractivity contribution is 0.268. The molecule has 1 aromatic carbocycles. The molecule has 2 heterocycles. The van der Waals surface area contributed by atoms with Crippen molar-refractivity contribution in [3.05, 3.63) is 23.8 Å². The largest absolute Gasteiger partial charge is 0.494 e. The first-order valence-electron chi connectivity index (χ1n) is 6.78. The van der Waals surface area contributed by atoms with E-state index in [0.29, 0.717) is 6.17 Å². The number of anilines is 1. The molecule has 1 aromatic rings. The van der Waals surface area contributed by atoms with E-state index in [4.69, 9.17) is 4.74 Å². The fourth-order valence-corrected chi connectivity index (χ4v) is 3.81. The molecule has 0 spiro atoms. The van der Waals surface area contributed by atoms with Crippen LogP contribution < -0.4 is 9.64 Å². The topological polar surface area (TPSA) is 15.7 Å². The first-order chi connectivity index (χ1) is 8.58. The quantitative estimate of drug-likeness (QED) is 0.797. The third-order valence-electron chi connectivity index (χ3n) is 4.61. The van der Waals surface area contributed by atoms with Gasteiger partial charge >= 0.3 is 0 Å². The summed E-state index contributed by atoms with van der Waals surface area (Å²) in [4.78, 5) is 4.87. The highest BCUT2D eigenvalue weighted by molar-refractivity contribution is 5.66. The fourth-order valence-electron chi connectivity index (χ4n) is 3.81. The molecule has 0 aromatic heterocycles. The van der Waals surface area contributed by atoms with Crippen molar-refractivity contribution in [3.63, 3.8) is 0 Å². The summed E-state index contributed by atoms with van der Waals surface area (Å²) in [6.07, 6.45) is 1.71. The maximum atomic E-state index is 5.65. The summed E-state index contributed by atoms with van der Waals surface area (Å²) in [7, 11) is 4.43. The smallest absolute Gasteiger partial charge is 0.119 e. The Bertz CT molecular complexity index is 474. The lowest BCUT2D eigenvalue weighted by atomic mass is 9.81. The first-order valence-corrected chi connectivity index (χ1v) is 6.78. The summed E-state index contributed by atoms with van der Waals surface area (Å²) in [5.41, 5.74) is 3.05. The van der Waals surface area contributed by atoms with Crippen molar-refractivity contribution in [2.75, 3.05) is 32.1 Å². The molecule has 3 nitrogen and oxygen atoms in total. The number of likely N-dealkylation sites (tertiary alicyclic amines) is 1. The molecule has 1 saturated heterocycles. The van der Waals surface area contributed by atoms with Gasteiger partial charge in [0.15, 0.2) is 0 Å². The Labute approximate surface area is 109 Å². The van der Waals surface area contributed by atoms with Crippen LogP contribution >= 0.6 is 0 Å². The lowest BCUT2D eigenvalue weighted by Gasteiger charge is -2.32. The van der Waals surface area contributed by atoms with Gasteiger partial charge in [-0.1, -0.05) is 6.92 Å². The summed E-state index contributed by atoms with van der Waals surface area (Å²) in [5, 5.41) is 0. The van der Waals surface area contributed by atoms with E-state index in [-0.39, 0.29) is 5.41 Å². The van der Waals surface area contributed by atoms with Gasteiger partial charge in [0.2, 0.25) is 0 Å². The number of fused-ring (bicyclic) bond motifs is 3. The molecule has 0 aliphatic carbocycles. The molecular formula is C15H22N2O. The van der Waals surface area contributed by atoms with Crippen LogP contribution in [0, 0.1) is 0 Å². The zero-order chi connectivity index (χ0) is 12.9. The highest BCUT2D eigenvalue weighted by Crippen LogP contribution is 2.51. The minimum absolute atomic E-state index is 0.242. The van der Waals surface area contributed by atoms with Gasteiger partial charge in [0.05, 0.1) is 12.8 Å². The van der Waals surface area contributed by atoms with Crippen molar-refractivity contribution in [1.82, 2.24) is 4.90 Å². The Morgan fingerprint density at radius 1 is 1.39 bits per heavy atom. The normalized spacial score (nSPS) is 30.4. The van der Waals surface area contributed by atoms with E-state index in [1.807, 2.05) is 6.92 Å². The van der Waals surface area contributed by atoms with Crippen molar-refractivity contribution >= 4 is 5.69 Å². The summed E-state index contributed by atoms with van der Waals surface area (Å²) in [5.74, 6) is 1.00. The molecule has 0 amide bonds. The van der Waals surface area contributed by atoms with Gasteiger partial charge in [-0.15, -0.1) is 0 Å². The van der Waals surface area contributed by atoms with Gasteiger partial charge in [0, 0.05) is 24.7 Å². The molecule has 3 heteroatoms. The molecule has 98 valence electrons. The Morgan fingerprint density at radius 3 is 2.89 bits per heavy atom. The van der Waals surface area contributed by atoms with E-state index in [0.717, 1.165) is 12.4 Å². The van der Waals surface area contributed by atoms with Crippen LogP contribution in [0.4, 0.5) is 5.69 Å². The Balaban J connectivity index is 2.08. The number of benzene rings is 1. The summed E-state index contributed by atoms with van der Waals surface area (Å²) in [6.45, 7) is 6.32. The van der Waals surface area contributed by atoms with Gasteiger partial charge in [-0.25, -0.2) is 0 Å². The number of rotatable bonds is 2. The zero-order valence-electron chi connectivity index (χ0n) is 11.7. The molecule has 2 atom stereocenters. The van der Waals surface area contributed by atoms with E-state index in [9.17, 15) is 0 Å². The maximum Gasteiger partial charge on any atom is 0.119 e. The molecule has 0 N–H and O–H groups in total. The molecule has 1 fully saturated rings. The SMILES string of the molecule is CCOc1ccc2c(c1)[C@@]1(C)CCN(C)[C@H]1N2C. The van der Waals surface area contributed by atoms with Gasteiger partial charge in [-0.3, -0.25) is 4.90 Å². The highest BCUT2D eigenvalue weighted by Gasteiger charge is 2.52. The second-order valence-corrected chi connectivity index (χ2v) is 5.74. The molecule has 0 unspecified atom stereocenters. The molecule has 3 rings (SSSR count). The van der Waals surface area contributed by atoms with E-state index in [1.54, 1.807) is 0 Å². The van der Waals surface area contributed by atoms with E-state index in [1.165, 1.54) is 24.2 Å². The first kappa shape index (κ1) is 11.8. The molecule has 0 saturated carbocycles. The number of nitrogens with zero attached hydrogens (tertiary/aromatic N) is 2. The predicted octanol–water partition coefficient (Wildman–Crippen LogP) is 2.45. The maximum absolute atomic E-state index is 5.65. The average molecular weight is 246 g/mol. The number of hydrogen-bond acceptors (Lipinski definition) is 3. The summed E-state index contributed by atoms with van der Waals surface area (Å²) >= 11 is 0. The van der Waals surface area contributed by atoms with E-state index in [2.05, 4.69) is 49.0 Å². The third-order valence-corrected chi connectivity index (χ3v) is 4.61. The number of likely N-dealkylation sites (N-methyl/N-ethyl adjacent to an activating group) is 2. The molecule has 18 heavy (non-hydrogen) atoms. The minimum Gasteiger partial charge on any atom is -0.494 e. The molecule has 0 bridgehead atoms. The van der Waals surface area contributed by atoms with Gasteiger partial charge in [-0.05, 0) is 44.2 Å². The molecule has 2 aliphatic heterocycles. The number of hydrogen-bond donors (Lipinski definition) is 0. The molecular weight excluding hydrogens is 224 g/mol. The predicted molar refractivity (Wildman–Crippen MR) is 74.4 cm³/mol. The van der Waals surface area contributed by atoms with Gasteiger partial charge in [-0.2, -0.15) is 0 Å². The van der Waals surface area contributed by atoms with Gasteiger partial charge in [0.25, 0.3) is 0 Å². The fraction of sp³-hybridized carbons (Fsp3) is 0.600. The van der Waals surface area contributed by atoms with Crippen LogP contribution in [0.1, 0.15) is 25.8 Å². The summed E-state index contributed by atoms with van der Waals surface area (Å²) in [6, 6.07) is 6.54. The third kappa shape index (κ3) is 1.40. The van der Waals surface area contributed by atoms with Crippen LogP contribution in [0.15, 0.2) is 18.2 Å². The van der Waals surface area contributed by atoms with E-state index < -0.39 is 0 Å².